The van der Waals surface area contributed by atoms with Crippen molar-refractivity contribution < 1.29 is 19.5 Å². The van der Waals surface area contributed by atoms with E-state index in [0.717, 1.165) is 0 Å². The second kappa shape index (κ2) is 5.53. The smallest absolute Gasteiger partial charge is 0.423 e. The summed E-state index contributed by atoms with van der Waals surface area (Å²) in [5, 5.41) is 18.3. The summed E-state index contributed by atoms with van der Waals surface area (Å²) in [5.41, 5.74) is 0.713. The first-order valence-electron chi connectivity index (χ1n) is 5.53. The fourth-order valence-electron chi connectivity index (χ4n) is 1.85. The topological polar surface area (TPSA) is 98.7 Å². The largest absolute Gasteiger partial charge is 0.490 e. The number of rotatable bonds is 5. The van der Waals surface area contributed by atoms with Gasteiger partial charge in [0.05, 0.1) is 5.52 Å². The van der Waals surface area contributed by atoms with Crippen molar-refractivity contribution >= 4 is 23.7 Å². The molecular formula is C10H14BN3O5. The number of hydrogen-bond acceptors (Lipinski definition) is 6. The van der Waals surface area contributed by atoms with Crippen LogP contribution in [0.4, 0.5) is 0 Å². The number of hydrogen-bond donors (Lipinski definition) is 2. The maximum absolute atomic E-state index is 12.2. The molecule has 0 saturated heterocycles. The summed E-state index contributed by atoms with van der Waals surface area (Å²) < 4.78 is 12.6. The molecule has 0 radical (unpaired) electrons. The highest BCUT2D eigenvalue weighted by Crippen LogP contribution is 2.09. The van der Waals surface area contributed by atoms with Gasteiger partial charge in [0.1, 0.15) is 13.5 Å². The Hall–Kier alpha value is -1.68. The van der Waals surface area contributed by atoms with Gasteiger partial charge in [0.25, 0.3) is 0 Å². The van der Waals surface area contributed by atoms with Crippen molar-refractivity contribution in [2.45, 2.75) is 13.5 Å². The van der Waals surface area contributed by atoms with E-state index in [0.29, 0.717) is 11.2 Å². The second-order valence-electron chi connectivity index (χ2n) is 3.96. The number of ether oxygens (including phenoxy) is 2. The van der Waals surface area contributed by atoms with Crippen LogP contribution in [0.25, 0.3) is 11.2 Å². The van der Waals surface area contributed by atoms with E-state index < -0.39 is 7.12 Å². The second-order valence-corrected chi connectivity index (χ2v) is 3.96. The third-order valence-electron chi connectivity index (χ3n) is 2.69. The first-order chi connectivity index (χ1) is 9.10. The Kier molecular flexibility index (Phi) is 4.00. The van der Waals surface area contributed by atoms with Crippen LogP contribution in [0.2, 0.25) is 0 Å². The number of fused-ring (bicyclic) bond motifs is 1. The molecule has 0 aromatic carbocycles. The van der Waals surface area contributed by atoms with Crippen molar-refractivity contribution in [2.24, 2.45) is 0 Å². The van der Waals surface area contributed by atoms with Crippen LogP contribution in [0.15, 0.2) is 17.1 Å². The highest BCUT2D eigenvalue weighted by Gasteiger charge is 2.18. The zero-order chi connectivity index (χ0) is 14.0. The molecule has 0 saturated carbocycles. The molecule has 8 nitrogen and oxygen atoms in total. The zero-order valence-electron chi connectivity index (χ0n) is 10.6. The molecule has 0 spiro atoms. The number of aromatic nitrogens is 3. The molecule has 2 aromatic rings. The quantitative estimate of drug-likeness (QED) is 0.613. The van der Waals surface area contributed by atoms with Crippen LogP contribution in [0, 0.1) is 0 Å². The van der Waals surface area contributed by atoms with Crippen molar-refractivity contribution in [1.29, 1.82) is 0 Å². The van der Waals surface area contributed by atoms with E-state index in [2.05, 4.69) is 4.98 Å². The Balaban J connectivity index is 2.70. The van der Waals surface area contributed by atoms with Crippen LogP contribution in [0.5, 0.6) is 0 Å². The van der Waals surface area contributed by atoms with Crippen molar-refractivity contribution in [3.8, 4) is 0 Å². The molecule has 0 atom stereocenters. The molecule has 0 unspecified atom stereocenters. The summed E-state index contributed by atoms with van der Waals surface area (Å²) in [6.07, 6.45) is 1.30. The van der Waals surface area contributed by atoms with Crippen LogP contribution >= 0.6 is 0 Å². The summed E-state index contributed by atoms with van der Waals surface area (Å²) in [7, 11) is 1.29. The molecule has 2 N–H and O–H groups in total. The van der Waals surface area contributed by atoms with E-state index in [4.69, 9.17) is 19.5 Å². The summed E-state index contributed by atoms with van der Waals surface area (Å²) in [4.78, 5) is 16.2. The van der Waals surface area contributed by atoms with Crippen molar-refractivity contribution in [1.82, 2.24) is 14.1 Å². The molecule has 2 aromatic heterocycles. The van der Waals surface area contributed by atoms with Gasteiger partial charge in [-0.2, -0.15) is 0 Å². The van der Waals surface area contributed by atoms with Gasteiger partial charge in [0, 0.05) is 25.9 Å². The van der Waals surface area contributed by atoms with Crippen LogP contribution < -0.4 is 11.2 Å². The predicted molar refractivity (Wildman–Crippen MR) is 67.8 cm³/mol. The molecule has 0 aliphatic heterocycles. The summed E-state index contributed by atoms with van der Waals surface area (Å²) >= 11 is 0. The zero-order valence-corrected chi connectivity index (χ0v) is 10.6. The van der Waals surface area contributed by atoms with E-state index in [1.807, 2.05) is 0 Å². The van der Waals surface area contributed by atoms with Gasteiger partial charge in [0.15, 0.2) is 5.65 Å². The lowest BCUT2D eigenvalue weighted by Crippen LogP contribution is -2.30. The molecule has 0 amide bonds. The van der Waals surface area contributed by atoms with E-state index in [9.17, 15) is 4.79 Å². The summed E-state index contributed by atoms with van der Waals surface area (Å²) in [6.45, 7) is 0.0960. The minimum absolute atomic E-state index is 0.0404. The summed E-state index contributed by atoms with van der Waals surface area (Å²) in [5.74, 6) is 0. The normalized spacial score (nSPS) is 11.2. The van der Waals surface area contributed by atoms with Crippen LogP contribution in [0.1, 0.15) is 0 Å². The first kappa shape index (κ1) is 13.7. The van der Waals surface area contributed by atoms with Gasteiger partial charge >= 0.3 is 12.8 Å². The van der Waals surface area contributed by atoms with E-state index >= 15 is 0 Å². The van der Waals surface area contributed by atoms with Crippen molar-refractivity contribution in [2.75, 3.05) is 14.2 Å². The monoisotopic (exact) mass is 267 g/mol. The maximum atomic E-state index is 12.2. The number of imidazole rings is 1. The Morgan fingerprint density at radius 3 is 2.47 bits per heavy atom. The van der Waals surface area contributed by atoms with Crippen LogP contribution in [-0.4, -0.2) is 45.5 Å². The molecule has 2 heterocycles. The third kappa shape index (κ3) is 2.40. The minimum Gasteiger partial charge on any atom is -0.423 e. The molecule has 0 fully saturated rings. The number of pyridine rings is 1. The van der Waals surface area contributed by atoms with E-state index in [-0.39, 0.29) is 24.6 Å². The fourth-order valence-corrected chi connectivity index (χ4v) is 1.85. The van der Waals surface area contributed by atoms with Gasteiger partial charge in [-0.15, -0.1) is 0 Å². The molecule has 2 rings (SSSR count). The molecule has 9 heteroatoms. The molecule has 102 valence electrons. The Bertz CT molecular complexity index is 636. The minimum atomic E-state index is -1.64. The highest BCUT2D eigenvalue weighted by molar-refractivity contribution is 6.58. The molecule has 0 aliphatic rings. The first-order valence-corrected chi connectivity index (χ1v) is 5.53. The van der Waals surface area contributed by atoms with Gasteiger partial charge in [-0.1, -0.05) is 0 Å². The van der Waals surface area contributed by atoms with Crippen LogP contribution in [-0.2, 0) is 22.9 Å². The summed E-state index contributed by atoms with van der Waals surface area (Å²) in [6, 6.07) is 1.49. The average Bonchev–Trinajstić information content (AvgIpc) is 2.64. The maximum Gasteiger partial charge on any atom is 0.490 e. The lowest BCUT2D eigenvalue weighted by Gasteiger charge is -2.02. The van der Waals surface area contributed by atoms with Gasteiger partial charge in [-0.3, -0.25) is 9.13 Å². The van der Waals surface area contributed by atoms with Gasteiger partial charge in [-0.25, -0.2) is 9.78 Å². The molecule has 0 aliphatic carbocycles. The number of methoxy groups -OCH3 is 2. The molecule has 0 bridgehead atoms. The Morgan fingerprint density at radius 1 is 1.26 bits per heavy atom. The molecular weight excluding hydrogens is 253 g/mol. The van der Waals surface area contributed by atoms with Gasteiger partial charge < -0.3 is 19.5 Å². The molecule has 19 heavy (non-hydrogen) atoms. The lowest BCUT2D eigenvalue weighted by atomic mass is 9.81. The van der Waals surface area contributed by atoms with Crippen molar-refractivity contribution in [3.63, 3.8) is 0 Å². The van der Waals surface area contributed by atoms with Crippen LogP contribution in [0.3, 0.4) is 0 Å². The van der Waals surface area contributed by atoms with Gasteiger partial charge in [0.2, 0.25) is 0 Å². The fraction of sp³-hybridized carbons (Fsp3) is 0.400. The average molecular weight is 267 g/mol. The third-order valence-corrected chi connectivity index (χ3v) is 2.69. The highest BCUT2D eigenvalue weighted by atomic mass is 16.5. The predicted octanol–water partition coefficient (Wildman–Crippen LogP) is -1.91. The lowest BCUT2D eigenvalue weighted by molar-refractivity contribution is 0.117. The number of nitrogens with zero attached hydrogens (tertiary/aromatic N) is 3. The van der Waals surface area contributed by atoms with E-state index in [1.165, 1.54) is 35.6 Å². The SMILES string of the molecule is COCn1c(=O)n(COC)c2ncc(B(O)O)cc21. The Morgan fingerprint density at radius 2 is 1.89 bits per heavy atom. The Labute approximate surface area is 109 Å². The van der Waals surface area contributed by atoms with Crippen molar-refractivity contribution in [3.05, 3.63) is 22.7 Å². The van der Waals surface area contributed by atoms with E-state index in [1.54, 1.807) is 0 Å². The standard InChI is InChI=1S/C10H14BN3O5/c1-18-5-13-8-3-7(11(16)17)4-12-9(8)14(6-19-2)10(13)15/h3-4,16-17H,5-6H2,1-2H3. The van der Waals surface area contributed by atoms with Gasteiger partial charge in [-0.05, 0) is 6.07 Å².